The average molecular weight is 451 g/mol. The van der Waals surface area contributed by atoms with E-state index in [2.05, 4.69) is 5.32 Å². The van der Waals surface area contributed by atoms with Gasteiger partial charge in [0.1, 0.15) is 6.54 Å². The number of carbonyl (C=O) groups excluding carboxylic acids is 1. The molecule has 5 nitrogen and oxygen atoms in total. The Kier molecular flexibility index (Phi) is 7.36. The second kappa shape index (κ2) is 10.0. The number of aryl methyl sites for hydroxylation is 3. The third-order valence-corrected chi connectivity index (χ3v) is 7.15. The number of hydrogen-bond donors (Lipinski definition) is 1. The van der Waals surface area contributed by atoms with Crippen LogP contribution in [0.1, 0.15) is 35.1 Å². The standard InChI is InChI=1S/C26H30N2O3S/c1-19-10-12-25(13-11-19)32(30,31)28(24-15-20(2)14-21(3)16-24)18-26(29)27-17-22(4)23-8-6-5-7-9-23/h5-16,22H,17-18H2,1-4H3,(H,27,29)/t22-/m0/s1. The van der Waals surface area contributed by atoms with Crippen LogP contribution in [0.15, 0.2) is 77.7 Å². The number of carbonyl (C=O) groups is 1. The summed E-state index contributed by atoms with van der Waals surface area (Å²) in [5.74, 6) is -0.230. The van der Waals surface area contributed by atoms with Gasteiger partial charge in [0.05, 0.1) is 10.6 Å². The zero-order chi connectivity index (χ0) is 23.3. The van der Waals surface area contributed by atoms with Gasteiger partial charge in [-0.15, -0.1) is 0 Å². The normalized spacial score (nSPS) is 12.2. The highest BCUT2D eigenvalue weighted by molar-refractivity contribution is 7.92. The summed E-state index contributed by atoms with van der Waals surface area (Å²) in [4.78, 5) is 13.0. The van der Waals surface area contributed by atoms with E-state index in [1.54, 1.807) is 36.4 Å². The smallest absolute Gasteiger partial charge is 0.264 e. The second-order valence-electron chi connectivity index (χ2n) is 8.29. The monoisotopic (exact) mass is 450 g/mol. The van der Waals surface area contributed by atoms with Gasteiger partial charge in [-0.3, -0.25) is 9.10 Å². The van der Waals surface area contributed by atoms with E-state index in [4.69, 9.17) is 0 Å². The summed E-state index contributed by atoms with van der Waals surface area (Å²) in [5.41, 5.74) is 4.43. The molecule has 1 amide bonds. The summed E-state index contributed by atoms with van der Waals surface area (Å²) in [6.07, 6.45) is 0. The van der Waals surface area contributed by atoms with Crippen LogP contribution in [-0.4, -0.2) is 27.4 Å². The molecule has 0 fully saturated rings. The molecule has 0 aliphatic heterocycles. The van der Waals surface area contributed by atoms with Gasteiger partial charge in [0.25, 0.3) is 10.0 Å². The fourth-order valence-electron chi connectivity index (χ4n) is 3.60. The molecule has 3 aromatic rings. The molecule has 0 saturated carbocycles. The quantitative estimate of drug-likeness (QED) is 0.540. The first-order chi connectivity index (χ1) is 15.2. The Morgan fingerprint density at radius 1 is 0.875 bits per heavy atom. The van der Waals surface area contributed by atoms with Gasteiger partial charge in [0.2, 0.25) is 5.91 Å². The maximum atomic E-state index is 13.5. The van der Waals surface area contributed by atoms with Gasteiger partial charge in [-0.05, 0) is 67.6 Å². The second-order valence-corrected chi connectivity index (χ2v) is 10.1. The van der Waals surface area contributed by atoms with E-state index in [1.165, 1.54) is 4.31 Å². The number of hydrogen-bond acceptors (Lipinski definition) is 3. The van der Waals surface area contributed by atoms with Gasteiger partial charge < -0.3 is 5.32 Å². The molecule has 1 N–H and O–H groups in total. The fraction of sp³-hybridized carbons (Fsp3) is 0.269. The highest BCUT2D eigenvalue weighted by Crippen LogP contribution is 2.26. The first-order valence-corrected chi connectivity index (χ1v) is 12.1. The summed E-state index contributed by atoms with van der Waals surface area (Å²) in [7, 11) is -3.92. The van der Waals surface area contributed by atoms with Crippen molar-refractivity contribution in [3.63, 3.8) is 0 Å². The number of sulfonamides is 1. The van der Waals surface area contributed by atoms with Crippen LogP contribution in [0.4, 0.5) is 5.69 Å². The lowest BCUT2D eigenvalue weighted by Gasteiger charge is -2.25. The van der Waals surface area contributed by atoms with Crippen LogP contribution in [0, 0.1) is 20.8 Å². The van der Waals surface area contributed by atoms with E-state index in [1.807, 2.05) is 64.1 Å². The Hall–Kier alpha value is -3.12. The Bertz CT molecular complexity index is 1150. The van der Waals surface area contributed by atoms with Gasteiger partial charge >= 0.3 is 0 Å². The molecule has 0 aliphatic rings. The number of benzene rings is 3. The fourth-order valence-corrected chi connectivity index (χ4v) is 5.00. The summed E-state index contributed by atoms with van der Waals surface area (Å²) in [6, 6.07) is 22.1. The first-order valence-electron chi connectivity index (χ1n) is 10.7. The van der Waals surface area contributed by atoms with Crippen LogP contribution < -0.4 is 9.62 Å². The van der Waals surface area contributed by atoms with Crippen molar-refractivity contribution in [1.29, 1.82) is 0 Å². The van der Waals surface area contributed by atoms with Gasteiger partial charge in [-0.1, -0.05) is 61.0 Å². The third-order valence-electron chi connectivity index (χ3n) is 5.36. The highest BCUT2D eigenvalue weighted by atomic mass is 32.2. The predicted octanol–water partition coefficient (Wildman–Crippen LogP) is 4.73. The largest absolute Gasteiger partial charge is 0.354 e. The average Bonchev–Trinajstić information content (AvgIpc) is 2.76. The molecule has 168 valence electrons. The van der Waals surface area contributed by atoms with Crippen molar-refractivity contribution in [2.75, 3.05) is 17.4 Å². The molecule has 0 radical (unpaired) electrons. The SMILES string of the molecule is Cc1ccc(S(=O)(=O)N(CC(=O)NC[C@H](C)c2ccccc2)c2cc(C)cc(C)c2)cc1. The van der Waals surface area contributed by atoms with Gasteiger partial charge in [-0.2, -0.15) is 0 Å². The van der Waals surface area contributed by atoms with Crippen molar-refractivity contribution in [2.45, 2.75) is 38.5 Å². The molecule has 0 saturated heterocycles. The van der Waals surface area contributed by atoms with E-state index in [-0.39, 0.29) is 23.3 Å². The van der Waals surface area contributed by atoms with E-state index >= 15 is 0 Å². The van der Waals surface area contributed by atoms with Crippen molar-refractivity contribution in [2.24, 2.45) is 0 Å². The molecule has 6 heteroatoms. The molecule has 0 unspecified atom stereocenters. The maximum Gasteiger partial charge on any atom is 0.264 e. The Labute approximate surface area is 191 Å². The maximum absolute atomic E-state index is 13.5. The van der Waals surface area contributed by atoms with Crippen molar-refractivity contribution in [3.8, 4) is 0 Å². The summed E-state index contributed by atoms with van der Waals surface area (Å²) < 4.78 is 28.2. The Balaban J connectivity index is 1.85. The van der Waals surface area contributed by atoms with Crippen LogP contribution in [-0.2, 0) is 14.8 Å². The van der Waals surface area contributed by atoms with Crippen molar-refractivity contribution >= 4 is 21.6 Å². The third kappa shape index (κ3) is 5.77. The number of rotatable bonds is 8. The van der Waals surface area contributed by atoms with Crippen molar-refractivity contribution < 1.29 is 13.2 Å². The van der Waals surface area contributed by atoms with Crippen LogP contribution in [0.5, 0.6) is 0 Å². The van der Waals surface area contributed by atoms with E-state index in [0.29, 0.717) is 12.2 Å². The minimum absolute atomic E-state index is 0.114. The molecular formula is C26H30N2O3S. The van der Waals surface area contributed by atoms with Gasteiger partial charge in [0.15, 0.2) is 0 Å². The molecule has 3 rings (SSSR count). The molecular weight excluding hydrogens is 420 g/mol. The van der Waals surface area contributed by atoms with E-state index in [9.17, 15) is 13.2 Å². The summed E-state index contributed by atoms with van der Waals surface area (Å²) >= 11 is 0. The molecule has 0 bridgehead atoms. The highest BCUT2D eigenvalue weighted by Gasteiger charge is 2.27. The van der Waals surface area contributed by atoms with Gasteiger partial charge in [0, 0.05) is 6.54 Å². The first kappa shape index (κ1) is 23.5. The minimum Gasteiger partial charge on any atom is -0.354 e. The molecule has 1 atom stereocenters. The number of nitrogens with one attached hydrogen (secondary N) is 1. The molecule has 0 spiro atoms. The number of anilines is 1. The molecule has 32 heavy (non-hydrogen) atoms. The van der Waals surface area contributed by atoms with Crippen molar-refractivity contribution in [1.82, 2.24) is 5.32 Å². The lowest BCUT2D eigenvalue weighted by Crippen LogP contribution is -2.41. The number of amides is 1. The van der Waals surface area contributed by atoms with Crippen LogP contribution in [0.25, 0.3) is 0 Å². The predicted molar refractivity (Wildman–Crippen MR) is 129 cm³/mol. The number of nitrogens with zero attached hydrogens (tertiary/aromatic N) is 1. The Morgan fingerprint density at radius 2 is 1.47 bits per heavy atom. The van der Waals surface area contributed by atoms with E-state index in [0.717, 1.165) is 22.3 Å². The van der Waals surface area contributed by atoms with Crippen LogP contribution in [0.2, 0.25) is 0 Å². The summed E-state index contributed by atoms with van der Waals surface area (Å²) in [6.45, 7) is 7.89. The Morgan fingerprint density at radius 3 is 2.06 bits per heavy atom. The van der Waals surface area contributed by atoms with Crippen molar-refractivity contribution in [3.05, 3.63) is 95.1 Å². The van der Waals surface area contributed by atoms with Gasteiger partial charge in [-0.25, -0.2) is 8.42 Å². The lowest BCUT2D eigenvalue weighted by atomic mass is 10.0. The molecule has 0 aliphatic carbocycles. The van der Waals surface area contributed by atoms with Crippen LogP contribution >= 0.6 is 0 Å². The van der Waals surface area contributed by atoms with E-state index < -0.39 is 10.0 Å². The van der Waals surface area contributed by atoms with Crippen LogP contribution in [0.3, 0.4) is 0 Å². The topological polar surface area (TPSA) is 66.5 Å². The molecule has 0 aromatic heterocycles. The molecule has 0 heterocycles. The zero-order valence-electron chi connectivity index (χ0n) is 19.0. The zero-order valence-corrected chi connectivity index (χ0v) is 19.8. The minimum atomic E-state index is -3.92. The molecule has 3 aromatic carbocycles. The lowest BCUT2D eigenvalue weighted by molar-refractivity contribution is -0.119. The summed E-state index contributed by atoms with van der Waals surface area (Å²) in [5, 5.41) is 2.90.